The monoisotopic (exact) mass is 405 g/mol. The van der Waals surface area contributed by atoms with Crippen molar-refractivity contribution in [1.29, 1.82) is 0 Å². The van der Waals surface area contributed by atoms with E-state index in [1.165, 1.54) is 27.6 Å². The number of hydrogen-bond acceptors (Lipinski definition) is 2. The highest BCUT2D eigenvalue weighted by Gasteiger charge is 2.39. The average molecular weight is 406 g/mol. The molecule has 3 atom stereocenters. The Kier molecular flexibility index (Phi) is 3.79. The number of fused-ring (bicyclic) bond motifs is 5. The van der Waals surface area contributed by atoms with E-state index >= 15 is 0 Å². The predicted octanol–water partition coefficient (Wildman–Crippen LogP) is 6.44. The number of anilines is 1. The van der Waals surface area contributed by atoms with E-state index in [0.29, 0.717) is 11.8 Å². The predicted molar refractivity (Wildman–Crippen MR) is 111 cm³/mol. The molecule has 2 nitrogen and oxygen atoms in total. The maximum atomic E-state index is 5.70. The first kappa shape index (κ1) is 16.0. The smallest absolute Gasteiger partial charge is 0.124 e. The summed E-state index contributed by atoms with van der Waals surface area (Å²) in [6.07, 6.45) is 5.81. The fourth-order valence-electron chi connectivity index (χ4n) is 4.60. The van der Waals surface area contributed by atoms with E-state index in [1.54, 1.807) is 7.11 Å². The van der Waals surface area contributed by atoms with Crippen LogP contribution in [0.15, 0.2) is 71.2 Å². The van der Waals surface area contributed by atoms with Gasteiger partial charge >= 0.3 is 0 Å². The van der Waals surface area contributed by atoms with Crippen LogP contribution in [0.5, 0.6) is 5.75 Å². The van der Waals surface area contributed by atoms with E-state index in [1.807, 2.05) is 6.07 Å². The second-order valence-corrected chi connectivity index (χ2v) is 8.03. The van der Waals surface area contributed by atoms with Crippen LogP contribution in [0.25, 0.3) is 10.8 Å². The Labute approximate surface area is 162 Å². The summed E-state index contributed by atoms with van der Waals surface area (Å²) in [5.74, 6) is 1.90. The van der Waals surface area contributed by atoms with E-state index in [-0.39, 0.29) is 6.04 Å². The second-order valence-electron chi connectivity index (χ2n) is 7.11. The lowest BCUT2D eigenvalue weighted by Crippen LogP contribution is -2.29. The summed E-state index contributed by atoms with van der Waals surface area (Å²) in [5.41, 5.74) is 3.90. The quantitative estimate of drug-likeness (QED) is 0.495. The van der Waals surface area contributed by atoms with Gasteiger partial charge in [0.15, 0.2) is 0 Å². The molecule has 3 aromatic rings. The molecule has 3 heteroatoms. The Hall–Kier alpha value is -2.26. The van der Waals surface area contributed by atoms with Crippen LogP contribution in [0, 0.1) is 5.92 Å². The zero-order valence-electron chi connectivity index (χ0n) is 14.6. The number of nitrogens with one attached hydrogen (secondary N) is 1. The van der Waals surface area contributed by atoms with Crippen LogP contribution in [-0.2, 0) is 0 Å². The van der Waals surface area contributed by atoms with Crippen LogP contribution in [0.3, 0.4) is 0 Å². The minimum atomic E-state index is 0.223. The molecule has 0 bridgehead atoms. The molecule has 0 saturated heterocycles. The molecule has 0 saturated carbocycles. The third kappa shape index (κ3) is 2.38. The highest BCUT2D eigenvalue weighted by atomic mass is 79.9. The molecule has 0 fully saturated rings. The van der Waals surface area contributed by atoms with Crippen LogP contribution in [0.1, 0.15) is 29.5 Å². The highest BCUT2D eigenvalue weighted by molar-refractivity contribution is 9.10. The molecule has 2 aliphatic rings. The lowest BCUT2D eigenvalue weighted by Gasteiger charge is -2.38. The average Bonchev–Trinajstić information content (AvgIpc) is 3.17. The summed E-state index contributed by atoms with van der Waals surface area (Å²) >= 11 is 3.64. The van der Waals surface area contributed by atoms with E-state index < -0.39 is 0 Å². The van der Waals surface area contributed by atoms with Gasteiger partial charge in [0.25, 0.3) is 0 Å². The van der Waals surface area contributed by atoms with Crippen LogP contribution in [0.4, 0.5) is 5.69 Å². The maximum Gasteiger partial charge on any atom is 0.124 e. The second kappa shape index (κ2) is 6.17. The molecule has 0 unspecified atom stereocenters. The van der Waals surface area contributed by atoms with Crippen LogP contribution in [-0.4, -0.2) is 7.11 Å². The molecule has 26 heavy (non-hydrogen) atoms. The summed E-state index contributed by atoms with van der Waals surface area (Å²) in [4.78, 5) is 0. The van der Waals surface area contributed by atoms with Gasteiger partial charge in [-0.15, -0.1) is 0 Å². The van der Waals surface area contributed by atoms with Crippen LogP contribution < -0.4 is 10.1 Å². The number of ether oxygens (including phenoxy) is 1. The molecule has 130 valence electrons. The van der Waals surface area contributed by atoms with Gasteiger partial charge in [0.05, 0.1) is 13.2 Å². The van der Waals surface area contributed by atoms with E-state index in [2.05, 4.69) is 81.9 Å². The van der Waals surface area contributed by atoms with Crippen LogP contribution >= 0.6 is 15.9 Å². The molecule has 1 heterocycles. The van der Waals surface area contributed by atoms with Gasteiger partial charge in [-0.2, -0.15) is 0 Å². The largest absolute Gasteiger partial charge is 0.496 e. The van der Waals surface area contributed by atoms with Crippen molar-refractivity contribution in [2.75, 3.05) is 12.4 Å². The van der Waals surface area contributed by atoms with Crippen LogP contribution in [0.2, 0.25) is 0 Å². The third-order valence-corrected chi connectivity index (χ3v) is 6.28. The standard InChI is InChI=1S/C23H20BrNO/c1-26-21-12-10-15(24)13-20(21)23-18-8-4-7-17(18)19-11-9-14-5-2-3-6-16(14)22(19)25-23/h2-7,9-13,17-18,23,25H,8H2,1H3/t17-,18+,23-/m1/s1. The molecule has 0 radical (unpaired) electrons. The molecule has 1 N–H and O–H groups in total. The number of halogens is 1. The number of methoxy groups -OCH3 is 1. The van der Waals surface area contributed by atoms with Crippen molar-refractivity contribution in [3.63, 3.8) is 0 Å². The summed E-state index contributed by atoms with van der Waals surface area (Å²) in [7, 11) is 1.75. The molecular formula is C23H20BrNO. The van der Waals surface area contributed by atoms with Crippen molar-refractivity contribution in [3.8, 4) is 5.75 Å². The number of rotatable bonds is 2. The van der Waals surface area contributed by atoms with Gasteiger partial charge in [-0.1, -0.05) is 64.5 Å². The Morgan fingerprint density at radius 3 is 2.81 bits per heavy atom. The van der Waals surface area contributed by atoms with Gasteiger partial charge in [-0.3, -0.25) is 0 Å². The van der Waals surface area contributed by atoms with E-state index in [4.69, 9.17) is 4.74 Å². The SMILES string of the molecule is COc1ccc(Br)cc1[C@@H]1Nc2c(ccc3ccccc23)[C@@H]2C=CC[C@@H]21. The first-order valence-corrected chi connectivity index (χ1v) is 9.84. The summed E-state index contributed by atoms with van der Waals surface area (Å²) in [6.45, 7) is 0. The summed E-state index contributed by atoms with van der Waals surface area (Å²) in [6, 6.07) is 19.7. The van der Waals surface area contributed by atoms with Crippen molar-refractivity contribution in [3.05, 3.63) is 82.3 Å². The fraction of sp³-hybridized carbons (Fsp3) is 0.217. The molecule has 1 aliphatic heterocycles. The lowest BCUT2D eigenvalue weighted by molar-refractivity contribution is 0.381. The molecule has 0 amide bonds. The van der Waals surface area contributed by atoms with Gasteiger partial charge in [-0.05, 0) is 41.5 Å². The Morgan fingerprint density at radius 1 is 1.04 bits per heavy atom. The van der Waals surface area contributed by atoms with Crippen molar-refractivity contribution >= 4 is 32.4 Å². The Bertz CT molecular complexity index is 1030. The minimum absolute atomic E-state index is 0.223. The number of allylic oxidation sites excluding steroid dienone is 2. The molecule has 0 spiro atoms. The molecule has 5 rings (SSSR count). The highest BCUT2D eigenvalue weighted by Crippen LogP contribution is 2.52. The molecule has 3 aromatic carbocycles. The minimum Gasteiger partial charge on any atom is -0.496 e. The molecule has 1 aliphatic carbocycles. The summed E-state index contributed by atoms with van der Waals surface area (Å²) < 4.78 is 6.78. The van der Waals surface area contributed by atoms with Crippen molar-refractivity contribution in [2.45, 2.75) is 18.4 Å². The zero-order valence-corrected chi connectivity index (χ0v) is 16.2. The van der Waals surface area contributed by atoms with Crippen molar-refractivity contribution in [2.24, 2.45) is 5.92 Å². The van der Waals surface area contributed by atoms with Gasteiger partial charge in [0.1, 0.15) is 5.75 Å². The van der Waals surface area contributed by atoms with E-state index in [9.17, 15) is 0 Å². The van der Waals surface area contributed by atoms with Gasteiger partial charge in [0, 0.05) is 27.0 Å². The first-order valence-electron chi connectivity index (χ1n) is 9.04. The fourth-order valence-corrected chi connectivity index (χ4v) is 4.97. The molecule has 0 aromatic heterocycles. The lowest BCUT2D eigenvalue weighted by atomic mass is 9.76. The van der Waals surface area contributed by atoms with E-state index in [0.717, 1.165) is 16.6 Å². The number of hydrogen-bond donors (Lipinski definition) is 1. The van der Waals surface area contributed by atoms with Gasteiger partial charge in [0.2, 0.25) is 0 Å². The molecular weight excluding hydrogens is 386 g/mol. The van der Waals surface area contributed by atoms with Gasteiger partial charge in [-0.25, -0.2) is 0 Å². The zero-order chi connectivity index (χ0) is 17.7. The number of benzene rings is 3. The Morgan fingerprint density at radius 2 is 1.92 bits per heavy atom. The third-order valence-electron chi connectivity index (χ3n) is 5.79. The summed E-state index contributed by atoms with van der Waals surface area (Å²) in [5, 5.41) is 6.46. The normalized spacial score (nSPS) is 23.4. The van der Waals surface area contributed by atoms with Crippen molar-refractivity contribution in [1.82, 2.24) is 0 Å². The first-order chi connectivity index (χ1) is 12.8. The Balaban J connectivity index is 1.71. The van der Waals surface area contributed by atoms with Crippen molar-refractivity contribution < 1.29 is 4.74 Å². The topological polar surface area (TPSA) is 21.3 Å². The van der Waals surface area contributed by atoms with Gasteiger partial charge < -0.3 is 10.1 Å². The maximum absolute atomic E-state index is 5.70.